The Bertz CT molecular complexity index is 717. The Morgan fingerprint density at radius 1 is 1.33 bits per heavy atom. The minimum atomic E-state index is 0.525. The monoisotopic (exact) mass is 372 g/mol. The number of methoxy groups -OCH3 is 1. The fraction of sp³-hybridized carbons (Fsp3) is 0.500. The standard InChI is InChI=1S/C20H28N4O3/c1-21-20(24-9-8-16(13-24)14-26-11-10-25-2)22-12-18-15-27-19(23-18)17-6-4-3-5-7-17/h3-7,15-16H,8-14H2,1-2H3,(H,21,22). The van der Waals surface area contributed by atoms with Crippen molar-refractivity contribution >= 4 is 5.96 Å². The third kappa shape index (κ3) is 5.55. The third-order valence-corrected chi connectivity index (χ3v) is 4.58. The first-order valence-electron chi connectivity index (χ1n) is 9.32. The van der Waals surface area contributed by atoms with Gasteiger partial charge in [0.25, 0.3) is 0 Å². The van der Waals surface area contributed by atoms with E-state index in [-0.39, 0.29) is 0 Å². The summed E-state index contributed by atoms with van der Waals surface area (Å²) in [4.78, 5) is 11.2. The number of oxazole rings is 1. The van der Waals surface area contributed by atoms with Crippen LogP contribution in [0.3, 0.4) is 0 Å². The van der Waals surface area contributed by atoms with Gasteiger partial charge >= 0.3 is 0 Å². The van der Waals surface area contributed by atoms with Crippen molar-refractivity contribution in [3.8, 4) is 11.5 Å². The van der Waals surface area contributed by atoms with E-state index in [0.717, 1.165) is 43.3 Å². The quantitative estimate of drug-likeness (QED) is 0.436. The molecule has 3 rings (SSSR count). The predicted octanol–water partition coefficient (Wildman–Crippen LogP) is 2.40. The number of rotatable bonds is 8. The van der Waals surface area contributed by atoms with E-state index >= 15 is 0 Å². The maximum absolute atomic E-state index is 5.66. The van der Waals surface area contributed by atoms with Crippen molar-refractivity contribution in [1.82, 2.24) is 15.2 Å². The average Bonchev–Trinajstić information content (AvgIpc) is 3.37. The van der Waals surface area contributed by atoms with Crippen LogP contribution in [0.15, 0.2) is 46.0 Å². The number of hydrogen-bond acceptors (Lipinski definition) is 5. The molecule has 0 saturated carbocycles. The molecule has 1 aliphatic heterocycles. The first kappa shape index (κ1) is 19.4. The molecule has 1 fully saturated rings. The van der Waals surface area contributed by atoms with E-state index in [4.69, 9.17) is 13.9 Å². The molecule has 0 spiro atoms. The number of nitrogens with zero attached hydrogens (tertiary/aromatic N) is 3. The Hall–Kier alpha value is -2.38. The van der Waals surface area contributed by atoms with E-state index in [1.165, 1.54) is 0 Å². The van der Waals surface area contributed by atoms with Crippen LogP contribution in [0.5, 0.6) is 0 Å². The summed E-state index contributed by atoms with van der Waals surface area (Å²) in [5.41, 5.74) is 1.83. The van der Waals surface area contributed by atoms with Gasteiger partial charge < -0.3 is 24.1 Å². The molecule has 0 amide bonds. The summed E-state index contributed by atoms with van der Waals surface area (Å²) in [6.45, 7) is 4.56. The summed E-state index contributed by atoms with van der Waals surface area (Å²) >= 11 is 0. The lowest BCUT2D eigenvalue weighted by Gasteiger charge is -2.21. The summed E-state index contributed by atoms with van der Waals surface area (Å²) in [5, 5.41) is 3.38. The molecule has 0 bridgehead atoms. The van der Waals surface area contributed by atoms with Crippen molar-refractivity contribution in [3.63, 3.8) is 0 Å². The molecule has 2 heterocycles. The highest BCUT2D eigenvalue weighted by atomic mass is 16.5. The summed E-state index contributed by atoms with van der Waals surface area (Å²) < 4.78 is 16.3. The van der Waals surface area contributed by atoms with Gasteiger partial charge in [-0.1, -0.05) is 18.2 Å². The average molecular weight is 372 g/mol. The van der Waals surface area contributed by atoms with Gasteiger partial charge in [0.15, 0.2) is 5.96 Å². The fourth-order valence-corrected chi connectivity index (χ4v) is 3.16. The van der Waals surface area contributed by atoms with Crippen molar-refractivity contribution in [2.75, 3.05) is 47.1 Å². The van der Waals surface area contributed by atoms with Gasteiger partial charge in [-0.25, -0.2) is 4.98 Å². The number of benzene rings is 1. The summed E-state index contributed by atoms with van der Waals surface area (Å²) in [5.74, 6) is 2.05. The van der Waals surface area contributed by atoms with Gasteiger partial charge in [0.2, 0.25) is 5.89 Å². The molecule has 7 heteroatoms. The molecule has 146 valence electrons. The molecule has 2 aromatic rings. The van der Waals surface area contributed by atoms with Crippen LogP contribution in [0.1, 0.15) is 12.1 Å². The number of ether oxygens (including phenoxy) is 2. The van der Waals surface area contributed by atoms with E-state index in [0.29, 0.717) is 31.6 Å². The second kappa shape index (κ2) is 10.1. The third-order valence-electron chi connectivity index (χ3n) is 4.58. The van der Waals surface area contributed by atoms with Crippen molar-refractivity contribution < 1.29 is 13.9 Å². The van der Waals surface area contributed by atoms with Crippen LogP contribution in [0.4, 0.5) is 0 Å². The molecule has 1 atom stereocenters. The van der Waals surface area contributed by atoms with Crippen LogP contribution in [0.25, 0.3) is 11.5 Å². The van der Waals surface area contributed by atoms with Gasteiger partial charge in [0, 0.05) is 38.7 Å². The number of aliphatic imine (C=N–C) groups is 1. The Labute approximate surface area is 160 Å². The van der Waals surface area contributed by atoms with E-state index in [2.05, 4.69) is 20.2 Å². The van der Waals surface area contributed by atoms with E-state index in [9.17, 15) is 0 Å². The number of nitrogens with one attached hydrogen (secondary N) is 1. The summed E-state index contributed by atoms with van der Waals surface area (Å²) in [7, 11) is 3.50. The van der Waals surface area contributed by atoms with Gasteiger partial charge in [-0.05, 0) is 18.6 Å². The molecule has 1 aromatic carbocycles. The lowest BCUT2D eigenvalue weighted by molar-refractivity contribution is 0.0536. The highest BCUT2D eigenvalue weighted by Gasteiger charge is 2.25. The van der Waals surface area contributed by atoms with Crippen LogP contribution in [0, 0.1) is 5.92 Å². The normalized spacial score (nSPS) is 17.5. The van der Waals surface area contributed by atoms with Crippen LogP contribution < -0.4 is 5.32 Å². The molecule has 1 aromatic heterocycles. The molecule has 1 aliphatic rings. The molecule has 27 heavy (non-hydrogen) atoms. The minimum Gasteiger partial charge on any atom is -0.444 e. The maximum atomic E-state index is 5.66. The lowest BCUT2D eigenvalue weighted by atomic mass is 10.1. The van der Waals surface area contributed by atoms with E-state index < -0.39 is 0 Å². The van der Waals surface area contributed by atoms with E-state index in [1.807, 2.05) is 37.4 Å². The van der Waals surface area contributed by atoms with Crippen molar-refractivity contribution in [2.45, 2.75) is 13.0 Å². The van der Waals surface area contributed by atoms with Gasteiger partial charge in [-0.2, -0.15) is 0 Å². The van der Waals surface area contributed by atoms with Gasteiger partial charge in [-0.15, -0.1) is 0 Å². The van der Waals surface area contributed by atoms with Crippen molar-refractivity contribution in [3.05, 3.63) is 42.3 Å². The predicted molar refractivity (Wildman–Crippen MR) is 105 cm³/mol. The number of likely N-dealkylation sites (tertiary alicyclic amines) is 1. The summed E-state index contributed by atoms with van der Waals surface area (Å²) in [6.07, 6.45) is 2.80. The lowest BCUT2D eigenvalue weighted by Crippen LogP contribution is -2.40. The SMILES string of the molecule is CN=C(NCc1coc(-c2ccccc2)n1)N1CCC(COCCOC)C1. The molecule has 1 unspecified atom stereocenters. The molecular weight excluding hydrogens is 344 g/mol. The van der Waals surface area contributed by atoms with Gasteiger partial charge in [-0.3, -0.25) is 4.99 Å². The number of aromatic nitrogens is 1. The molecule has 0 radical (unpaired) electrons. The molecule has 1 saturated heterocycles. The fourth-order valence-electron chi connectivity index (χ4n) is 3.16. The zero-order valence-corrected chi connectivity index (χ0v) is 16.1. The second-order valence-corrected chi connectivity index (χ2v) is 6.58. The van der Waals surface area contributed by atoms with Gasteiger partial charge in [0.05, 0.1) is 32.1 Å². The molecule has 0 aliphatic carbocycles. The largest absolute Gasteiger partial charge is 0.444 e. The Balaban J connectivity index is 1.47. The van der Waals surface area contributed by atoms with Crippen LogP contribution in [0.2, 0.25) is 0 Å². The zero-order chi connectivity index (χ0) is 18.9. The topological polar surface area (TPSA) is 72.1 Å². The number of hydrogen-bond donors (Lipinski definition) is 1. The Morgan fingerprint density at radius 2 is 2.19 bits per heavy atom. The second-order valence-electron chi connectivity index (χ2n) is 6.58. The molecule has 1 N–H and O–H groups in total. The van der Waals surface area contributed by atoms with E-state index in [1.54, 1.807) is 13.4 Å². The number of guanidine groups is 1. The summed E-state index contributed by atoms with van der Waals surface area (Å²) in [6, 6.07) is 9.90. The molecule has 7 nitrogen and oxygen atoms in total. The smallest absolute Gasteiger partial charge is 0.226 e. The first-order valence-corrected chi connectivity index (χ1v) is 9.32. The van der Waals surface area contributed by atoms with Crippen LogP contribution >= 0.6 is 0 Å². The first-order chi connectivity index (χ1) is 13.3. The molecular formula is C20H28N4O3. The highest BCUT2D eigenvalue weighted by molar-refractivity contribution is 5.80. The van der Waals surface area contributed by atoms with Crippen LogP contribution in [-0.2, 0) is 16.0 Å². The highest BCUT2D eigenvalue weighted by Crippen LogP contribution is 2.19. The zero-order valence-electron chi connectivity index (χ0n) is 16.1. The maximum Gasteiger partial charge on any atom is 0.226 e. The van der Waals surface area contributed by atoms with Gasteiger partial charge in [0.1, 0.15) is 6.26 Å². The Kier molecular flexibility index (Phi) is 7.24. The Morgan fingerprint density at radius 3 is 2.96 bits per heavy atom. The van der Waals surface area contributed by atoms with Crippen molar-refractivity contribution in [1.29, 1.82) is 0 Å². The van der Waals surface area contributed by atoms with Crippen molar-refractivity contribution in [2.24, 2.45) is 10.9 Å². The minimum absolute atomic E-state index is 0.525. The van der Waals surface area contributed by atoms with Crippen LogP contribution in [-0.4, -0.2) is 62.9 Å².